The Morgan fingerprint density at radius 1 is 1.32 bits per heavy atom. The number of carbonyl (C=O) groups excluding carboxylic acids is 1. The van der Waals surface area contributed by atoms with Crippen molar-refractivity contribution in [1.82, 2.24) is 5.32 Å². The molecule has 1 rings (SSSR count). The van der Waals surface area contributed by atoms with Gasteiger partial charge < -0.3 is 19.5 Å². The Labute approximate surface area is 130 Å². The van der Waals surface area contributed by atoms with Crippen molar-refractivity contribution in [2.24, 2.45) is 0 Å². The maximum atomic E-state index is 12.8. The second kappa shape index (κ2) is 7.68. The minimum absolute atomic E-state index is 0.103. The zero-order valence-corrected chi connectivity index (χ0v) is 13.3. The normalized spacial score (nSPS) is 12.2. The van der Waals surface area contributed by atoms with Gasteiger partial charge in [-0.1, -0.05) is 6.58 Å². The summed E-state index contributed by atoms with van der Waals surface area (Å²) in [5.41, 5.74) is -0.564. The highest BCUT2D eigenvalue weighted by molar-refractivity contribution is 5.67. The molecule has 6 heteroatoms. The fourth-order valence-corrected chi connectivity index (χ4v) is 1.49. The maximum Gasteiger partial charge on any atom is 0.408 e. The molecule has 0 saturated heterocycles. The Morgan fingerprint density at radius 3 is 2.45 bits per heavy atom. The van der Waals surface area contributed by atoms with Gasteiger partial charge in [-0.2, -0.15) is 0 Å². The van der Waals surface area contributed by atoms with E-state index in [-0.39, 0.29) is 12.4 Å². The molecule has 1 unspecified atom stereocenters. The van der Waals surface area contributed by atoms with E-state index in [1.807, 2.05) is 0 Å². The highest BCUT2D eigenvalue weighted by Gasteiger charge is 2.16. The Balaban J connectivity index is 2.32. The molecular formula is C16H22FNO4. The predicted molar refractivity (Wildman–Crippen MR) is 81.0 cm³/mol. The Kier molecular flexibility index (Phi) is 6.22. The molecule has 0 aliphatic carbocycles. The summed E-state index contributed by atoms with van der Waals surface area (Å²) in [4.78, 5) is 11.5. The van der Waals surface area contributed by atoms with E-state index in [4.69, 9.17) is 14.2 Å². The van der Waals surface area contributed by atoms with Gasteiger partial charge in [0.25, 0.3) is 0 Å². The highest BCUT2D eigenvalue weighted by atomic mass is 19.1. The van der Waals surface area contributed by atoms with Crippen molar-refractivity contribution in [1.29, 1.82) is 0 Å². The third-order valence-corrected chi connectivity index (χ3v) is 2.28. The molecule has 0 saturated carbocycles. The Hall–Kier alpha value is -2.24. The number of halogens is 1. The van der Waals surface area contributed by atoms with Crippen molar-refractivity contribution in [2.75, 3.05) is 6.54 Å². The van der Waals surface area contributed by atoms with E-state index >= 15 is 0 Å². The van der Waals surface area contributed by atoms with Crippen LogP contribution in [0.1, 0.15) is 27.7 Å². The van der Waals surface area contributed by atoms with E-state index in [1.165, 1.54) is 24.3 Å². The van der Waals surface area contributed by atoms with Gasteiger partial charge in [-0.05, 0) is 45.0 Å². The van der Waals surface area contributed by atoms with Crippen LogP contribution in [0.15, 0.2) is 36.6 Å². The first-order valence-corrected chi connectivity index (χ1v) is 6.89. The molecule has 5 nitrogen and oxygen atoms in total. The number of amides is 1. The topological polar surface area (TPSA) is 56.8 Å². The van der Waals surface area contributed by atoms with Crippen molar-refractivity contribution in [2.45, 2.75) is 39.6 Å². The molecule has 0 aromatic heterocycles. The second-order valence-electron chi connectivity index (χ2n) is 5.65. The molecule has 0 radical (unpaired) electrons. The number of rotatable bonds is 6. The third kappa shape index (κ3) is 7.52. The molecule has 0 aliphatic rings. The lowest BCUT2D eigenvalue weighted by molar-refractivity contribution is -0.0307. The number of ether oxygens (including phenoxy) is 3. The van der Waals surface area contributed by atoms with Crippen molar-refractivity contribution >= 4 is 6.09 Å². The van der Waals surface area contributed by atoms with Crippen LogP contribution in [0.3, 0.4) is 0 Å². The molecule has 122 valence electrons. The molecular weight excluding hydrogens is 289 g/mol. The Morgan fingerprint density at radius 2 is 1.91 bits per heavy atom. The monoisotopic (exact) mass is 311 g/mol. The summed E-state index contributed by atoms with van der Waals surface area (Å²) >= 11 is 0. The zero-order valence-electron chi connectivity index (χ0n) is 13.3. The van der Waals surface area contributed by atoms with Gasteiger partial charge in [0.15, 0.2) is 0 Å². The quantitative estimate of drug-likeness (QED) is 0.644. The van der Waals surface area contributed by atoms with Crippen molar-refractivity contribution in [3.05, 3.63) is 42.4 Å². The van der Waals surface area contributed by atoms with Crippen LogP contribution in [0.4, 0.5) is 9.18 Å². The summed E-state index contributed by atoms with van der Waals surface area (Å²) in [6.07, 6.45) is -1.18. The van der Waals surface area contributed by atoms with Crippen LogP contribution < -0.4 is 10.1 Å². The second-order valence-corrected chi connectivity index (χ2v) is 5.65. The minimum atomic E-state index is -0.626. The summed E-state index contributed by atoms with van der Waals surface area (Å²) < 4.78 is 28.7. The number of carbonyl (C=O) groups is 1. The Bertz CT molecular complexity index is 508. The largest absolute Gasteiger partial charge is 0.458 e. The number of hydrogen-bond donors (Lipinski definition) is 1. The molecule has 0 heterocycles. The van der Waals surface area contributed by atoms with Crippen LogP contribution in [0.25, 0.3) is 0 Å². The zero-order chi connectivity index (χ0) is 16.8. The summed E-state index contributed by atoms with van der Waals surface area (Å²) in [5.74, 6) is 0.453. The minimum Gasteiger partial charge on any atom is -0.458 e. The molecule has 0 spiro atoms. The van der Waals surface area contributed by atoms with Crippen molar-refractivity contribution in [3.8, 4) is 5.75 Å². The van der Waals surface area contributed by atoms with Crippen LogP contribution >= 0.6 is 0 Å². The van der Waals surface area contributed by atoms with E-state index in [2.05, 4.69) is 11.9 Å². The van der Waals surface area contributed by atoms with Crippen LogP contribution in [0.2, 0.25) is 0 Å². The molecule has 1 aromatic carbocycles. The van der Waals surface area contributed by atoms with E-state index in [0.29, 0.717) is 11.5 Å². The van der Waals surface area contributed by atoms with Crippen LogP contribution in [0, 0.1) is 5.82 Å². The first kappa shape index (κ1) is 17.8. The predicted octanol–water partition coefficient (Wildman–Crippen LogP) is 3.61. The molecule has 1 amide bonds. The summed E-state index contributed by atoms with van der Waals surface area (Å²) in [6, 6.07) is 5.58. The first-order chi connectivity index (χ1) is 10.2. The van der Waals surface area contributed by atoms with Gasteiger partial charge in [0.2, 0.25) is 6.29 Å². The molecule has 1 N–H and O–H groups in total. The van der Waals surface area contributed by atoms with Gasteiger partial charge in [0.1, 0.15) is 22.9 Å². The standard InChI is InChI=1S/C16H22FNO4/c1-11(10-18-15(19)22-16(3,4)5)20-12(2)21-14-8-6-13(17)7-9-14/h6-9,12H,1,10H2,2-5H3,(H,18,19). The average molecular weight is 311 g/mol. The number of benzene rings is 1. The van der Waals surface area contributed by atoms with E-state index < -0.39 is 18.0 Å². The molecule has 0 bridgehead atoms. The van der Waals surface area contributed by atoms with Crippen molar-refractivity contribution in [3.63, 3.8) is 0 Å². The number of nitrogens with one attached hydrogen (secondary N) is 1. The lowest BCUT2D eigenvalue weighted by Crippen LogP contribution is -2.34. The molecule has 1 atom stereocenters. The van der Waals surface area contributed by atoms with E-state index in [1.54, 1.807) is 27.7 Å². The summed E-state index contributed by atoms with van der Waals surface area (Å²) in [7, 11) is 0. The molecule has 22 heavy (non-hydrogen) atoms. The SMILES string of the molecule is C=C(CNC(=O)OC(C)(C)C)OC(C)Oc1ccc(F)cc1. The van der Waals surface area contributed by atoms with Crippen LogP contribution in [-0.2, 0) is 9.47 Å². The van der Waals surface area contributed by atoms with Crippen LogP contribution in [-0.4, -0.2) is 24.5 Å². The van der Waals surface area contributed by atoms with Crippen LogP contribution in [0.5, 0.6) is 5.75 Å². The van der Waals surface area contributed by atoms with E-state index in [0.717, 1.165) is 0 Å². The lowest BCUT2D eigenvalue weighted by atomic mass is 10.2. The van der Waals surface area contributed by atoms with E-state index in [9.17, 15) is 9.18 Å². The van der Waals surface area contributed by atoms with Gasteiger partial charge in [-0.15, -0.1) is 0 Å². The lowest BCUT2D eigenvalue weighted by Gasteiger charge is -2.21. The third-order valence-electron chi connectivity index (χ3n) is 2.28. The van der Waals surface area contributed by atoms with Gasteiger partial charge >= 0.3 is 6.09 Å². The van der Waals surface area contributed by atoms with Gasteiger partial charge in [-0.3, -0.25) is 0 Å². The van der Waals surface area contributed by atoms with Gasteiger partial charge in [0.05, 0.1) is 6.54 Å². The summed E-state index contributed by atoms with van der Waals surface area (Å²) in [6.45, 7) is 10.8. The molecule has 1 aromatic rings. The first-order valence-electron chi connectivity index (χ1n) is 6.89. The molecule has 0 fully saturated rings. The summed E-state index contributed by atoms with van der Waals surface area (Å²) in [5, 5.41) is 2.52. The average Bonchev–Trinajstić information content (AvgIpc) is 2.37. The number of hydrogen-bond acceptors (Lipinski definition) is 4. The number of alkyl carbamates (subject to hydrolysis) is 1. The van der Waals surface area contributed by atoms with Gasteiger partial charge in [0, 0.05) is 6.92 Å². The highest BCUT2D eigenvalue weighted by Crippen LogP contribution is 2.14. The van der Waals surface area contributed by atoms with Gasteiger partial charge in [-0.25, -0.2) is 9.18 Å². The van der Waals surface area contributed by atoms with Crippen molar-refractivity contribution < 1.29 is 23.4 Å². The smallest absolute Gasteiger partial charge is 0.408 e. The fourth-order valence-electron chi connectivity index (χ4n) is 1.49. The fraction of sp³-hybridized carbons (Fsp3) is 0.438. The molecule has 0 aliphatic heterocycles. The maximum absolute atomic E-state index is 12.8.